The summed E-state index contributed by atoms with van der Waals surface area (Å²) < 4.78 is 33.8. The zero-order valence-corrected chi connectivity index (χ0v) is 14.4. The largest absolute Gasteiger partial charge is 0.494 e. The van der Waals surface area contributed by atoms with Crippen LogP contribution >= 0.6 is 0 Å². The van der Waals surface area contributed by atoms with E-state index in [4.69, 9.17) is 10.5 Å². The van der Waals surface area contributed by atoms with Crippen LogP contribution in [0.5, 0.6) is 5.75 Å². The van der Waals surface area contributed by atoms with Crippen LogP contribution in [0, 0.1) is 11.6 Å². The molecule has 27 heavy (non-hydrogen) atoms. The van der Waals surface area contributed by atoms with Gasteiger partial charge in [0.15, 0.2) is 11.5 Å². The maximum absolute atomic E-state index is 14.0. The Morgan fingerprint density at radius 1 is 1.07 bits per heavy atom. The first-order valence-electron chi connectivity index (χ1n) is 8.50. The Kier molecular flexibility index (Phi) is 3.30. The van der Waals surface area contributed by atoms with Gasteiger partial charge in [-0.2, -0.15) is 4.52 Å². The monoisotopic (exact) mass is 367 g/mol. The molecule has 2 aromatic heterocycles. The van der Waals surface area contributed by atoms with E-state index in [1.807, 2.05) is 0 Å². The highest BCUT2D eigenvalue weighted by Gasteiger charge is 2.42. The number of ether oxygens (including phenoxy) is 1. The molecule has 6 nitrogen and oxygen atoms in total. The van der Waals surface area contributed by atoms with Crippen LogP contribution in [0.4, 0.5) is 14.7 Å². The number of aromatic nitrogens is 4. The standard InChI is InChI=1S/C19H15F2N5O/c1-27-15-7-11(21)6-14-16(15)23-19(22)26-18(14)24-17(25-26)13-8-12(13)9-2-4-10(20)5-3-9/h2-7,12-13H,8H2,1H3,(H2,22,23). The van der Waals surface area contributed by atoms with Gasteiger partial charge in [-0.3, -0.25) is 0 Å². The van der Waals surface area contributed by atoms with E-state index < -0.39 is 5.82 Å². The predicted octanol–water partition coefficient (Wildman–Crippen LogP) is 3.42. The average molecular weight is 367 g/mol. The minimum atomic E-state index is -0.451. The van der Waals surface area contributed by atoms with Gasteiger partial charge < -0.3 is 10.5 Å². The molecule has 0 saturated heterocycles. The molecule has 5 rings (SSSR count). The van der Waals surface area contributed by atoms with E-state index >= 15 is 0 Å². The molecule has 0 radical (unpaired) electrons. The second kappa shape index (κ2) is 5.60. The number of halogens is 2. The number of nitrogens with zero attached hydrogens (tertiary/aromatic N) is 4. The van der Waals surface area contributed by atoms with Crippen LogP contribution in [-0.4, -0.2) is 26.7 Å². The molecule has 0 aliphatic heterocycles. The first-order chi connectivity index (χ1) is 13.0. The van der Waals surface area contributed by atoms with Crippen molar-refractivity contribution in [2.24, 2.45) is 0 Å². The van der Waals surface area contributed by atoms with Crippen LogP contribution in [0.25, 0.3) is 16.6 Å². The van der Waals surface area contributed by atoms with Crippen molar-refractivity contribution in [1.29, 1.82) is 0 Å². The van der Waals surface area contributed by atoms with Gasteiger partial charge in [0.2, 0.25) is 5.95 Å². The number of anilines is 1. The van der Waals surface area contributed by atoms with Crippen molar-refractivity contribution in [1.82, 2.24) is 19.6 Å². The molecule has 1 aliphatic rings. The molecule has 1 fully saturated rings. The van der Waals surface area contributed by atoms with E-state index in [0.717, 1.165) is 12.0 Å². The van der Waals surface area contributed by atoms with Gasteiger partial charge in [0.25, 0.3) is 0 Å². The van der Waals surface area contributed by atoms with Crippen LogP contribution in [0.15, 0.2) is 36.4 Å². The molecule has 2 N–H and O–H groups in total. The summed E-state index contributed by atoms with van der Waals surface area (Å²) in [4.78, 5) is 8.91. The van der Waals surface area contributed by atoms with Crippen LogP contribution in [0.3, 0.4) is 0 Å². The van der Waals surface area contributed by atoms with E-state index in [-0.39, 0.29) is 23.6 Å². The van der Waals surface area contributed by atoms with Crippen molar-refractivity contribution in [2.75, 3.05) is 12.8 Å². The van der Waals surface area contributed by atoms with Gasteiger partial charge in [-0.05, 0) is 36.1 Å². The summed E-state index contributed by atoms with van der Waals surface area (Å²) in [6, 6.07) is 9.07. The van der Waals surface area contributed by atoms with Crippen LogP contribution < -0.4 is 10.5 Å². The Balaban J connectivity index is 1.61. The lowest BCUT2D eigenvalue weighted by atomic mass is 10.1. The Morgan fingerprint density at radius 2 is 1.85 bits per heavy atom. The number of methoxy groups -OCH3 is 1. The van der Waals surface area contributed by atoms with E-state index in [1.54, 1.807) is 12.1 Å². The van der Waals surface area contributed by atoms with Gasteiger partial charge in [-0.25, -0.2) is 18.7 Å². The number of hydrogen-bond donors (Lipinski definition) is 1. The Morgan fingerprint density at radius 3 is 2.59 bits per heavy atom. The van der Waals surface area contributed by atoms with Gasteiger partial charge in [0, 0.05) is 12.0 Å². The smallest absolute Gasteiger partial charge is 0.223 e. The van der Waals surface area contributed by atoms with Crippen LogP contribution in [0.2, 0.25) is 0 Å². The molecule has 0 bridgehead atoms. The zero-order chi connectivity index (χ0) is 18.7. The highest BCUT2D eigenvalue weighted by atomic mass is 19.1. The van der Waals surface area contributed by atoms with Crippen molar-refractivity contribution < 1.29 is 13.5 Å². The van der Waals surface area contributed by atoms with Crippen molar-refractivity contribution in [3.05, 3.63) is 59.4 Å². The summed E-state index contributed by atoms with van der Waals surface area (Å²) in [5, 5.41) is 4.97. The minimum absolute atomic E-state index is 0.111. The fraction of sp³-hybridized carbons (Fsp3) is 0.211. The molecule has 8 heteroatoms. The predicted molar refractivity (Wildman–Crippen MR) is 95.7 cm³/mol. The Hall–Kier alpha value is -3.29. The van der Waals surface area contributed by atoms with Gasteiger partial charge in [-0.1, -0.05) is 12.1 Å². The molecular weight excluding hydrogens is 352 g/mol. The molecule has 2 atom stereocenters. The number of nitrogens with two attached hydrogens (primary N) is 1. The first kappa shape index (κ1) is 15.9. The summed E-state index contributed by atoms with van der Waals surface area (Å²) in [7, 11) is 1.45. The third-order valence-corrected chi connectivity index (χ3v) is 4.99. The average Bonchev–Trinajstić information content (AvgIpc) is 3.32. The fourth-order valence-electron chi connectivity index (χ4n) is 3.56. The topological polar surface area (TPSA) is 78.3 Å². The minimum Gasteiger partial charge on any atom is -0.494 e. The second-order valence-electron chi connectivity index (χ2n) is 6.68. The third-order valence-electron chi connectivity index (χ3n) is 4.99. The molecule has 2 heterocycles. The SMILES string of the molecule is COc1cc(F)cc2c1nc(N)n1nc(C3CC3c3ccc(F)cc3)nc21. The molecule has 2 aromatic carbocycles. The summed E-state index contributed by atoms with van der Waals surface area (Å²) in [5.41, 5.74) is 7.96. The first-order valence-corrected chi connectivity index (χ1v) is 8.50. The van der Waals surface area contributed by atoms with E-state index in [2.05, 4.69) is 15.1 Å². The Labute approximate surface area is 152 Å². The lowest BCUT2D eigenvalue weighted by molar-refractivity contribution is 0.415. The molecule has 0 amide bonds. The molecular formula is C19H15F2N5O. The molecule has 1 saturated carbocycles. The molecule has 1 aliphatic carbocycles. The van der Waals surface area contributed by atoms with Gasteiger partial charge in [0.05, 0.1) is 12.5 Å². The summed E-state index contributed by atoms with van der Waals surface area (Å²) in [6.45, 7) is 0. The maximum atomic E-state index is 14.0. The zero-order valence-electron chi connectivity index (χ0n) is 14.4. The second-order valence-corrected chi connectivity index (χ2v) is 6.68. The van der Waals surface area contributed by atoms with Crippen molar-refractivity contribution in [3.8, 4) is 5.75 Å². The number of rotatable bonds is 3. The number of nitrogen functional groups attached to an aromatic ring is 1. The normalized spacial score (nSPS) is 18.9. The van der Waals surface area contributed by atoms with Crippen LogP contribution in [0.1, 0.15) is 29.6 Å². The molecule has 0 spiro atoms. The van der Waals surface area contributed by atoms with E-state index in [0.29, 0.717) is 28.1 Å². The van der Waals surface area contributed by atoms with Gasteiger partial charge in [0.1, 0.15) is 22.9 Å². The number of fused-ring (bicyclic) bond motifs is 3. The van der Waals surface area contributed by atoms with Crippen molar-refractivity contribution in [3.63, 3.8) is 0 Å². The van der Waals surface area contributed by atoms with E-state index in [9.17, 15) is 8.78 Å². The number of benzene rings is 2. The molecule has 136 valence electrons. The number of hydrogen-bond acceptors (Lipinski definition) is 5. The fourth-order valence-corrected chi connectivity index (χ4v) is 3.56. The van der Waals surface area contributed by atoms with Crippen molar-refractivity contribution in [2.45, 2.75) is 18.3 Å². The highest BCUT2D eigenvalue weighted by molar-refractivity contribution is 5.96. The maximum Gasteiger partial charge on any atom is 0.223 e. The summed E-state index contributed by atoms with van der Waals surface area (Å²) >= 11 is 0. The molecule has 4 aromatic rings. The van der Waals surface area contributed by atoms with Gasteiger partial charge >= 0.3 is 0 Å². The molecule has 2 unspecified atom stereocenters. The highest BCUT2D eigenvalue weighted by Crippen LogP contribution is 2.53. The summed E-state index contributed by atoms with van der Waals surface area (Å²) in [6.07, 6.45) is 0.867. The Bertz CT molecular complexity index is 1190. The van der Waals surface area contributed by atoms with E-state index in [1.165, 1.54) is 35.9 Å². The lowest BCUT2D eigenvalue weighted by Gasteiger charge is -2.07. The van der Waals surface area contributed by atoms with Crippen molar-refractivity contribution >= 4 is 22.5 Å². The van der Waals surface area contributed by atoms with Crippen LogP contribution in [-0.2, 0) is 0 Å². The third kappa shape index (κ3) is 2.48. The lowest BCUT2D eigenvalue weighted by Crippen LogP contribution is -2.04. The summed E-state index contributed by atoms with van der Waals surface area (Å²) in [5.74, 6) is 0.694. The van der Waals surface area contributed by atoms with Gasteiger partial charge in [-0.15, -0.1) is 5.10 Å². The quantitative estimate of drug-likeness (QED) is 0.600.